The second-order valence-corrected chi connectivity index (χ2v) is 6.04. The van der Waals surface area contributed by atoms with Crippen molar-refractivity contribution >= 4 is 0 Å². The van der Waals surface area contributed by atoms with Gasteiger partial charge in [0.05, 0.1) is 0 Å². The molecule has 1 fully saturated rings. The smallest absolute Gasteiger partial charge is 0.00389 e. The molecular formula is C16H33N. The van der Waals surface area contributed by atoms with Crippen molar-refractivity contribution in [2.24, 2.45) is 11.7 Å². The van der Waals surface area contributed by atoms with Crippen LogP contribution in [-0.2, 0) is 0 Å². The third-order valence-corrected chi connectivity index (χ3v) is 4.35. The molecule has 0 amide bonds. The van der Waals surface area contributed by atoms with Crippen LogP contribution in [0.3, 0.4) is 0 Å². The van der Waals surface area contributed by atoms with Gasteiger partial charge in [-0.05, 0) is 25.2 Å². The van der Waals surface area contributed by atoms with Crippen molar-refractivity contribution in [2.45, 2.75) is 96.4 Å². The summed E-state index contributed by atoms with van der Waals surface area (Å²) in [6.07, 6.45) is 18.2. The molecule has 0 spiro atoms. The summed E-state index contributed by atoms with van der Waals surface area (Å²) in [5.74, 6) is 1.01. The Morgan fingerprint density at radius 1 is 0.941 bits per heavy atom. The van der Waals surface area contributed by atoms with Crippen LogP contribution in [0, 0.1) is 5.92 Å². The standard InChI is InChI=1S/C16H33N/c1-2-3-4-5-9-12-16(17)14-13-15-10-7-6-8-11-15/h15-16H,2-14,17H2,1H3. The molecule has 1 rings (SSSR count). The Hall–Kier alpha value is -0.0400. The van der Waals surface area contributed by atoms with Crippen LogP contribution in [0.25, 0.3) is 0 Å². The summed E-state index contributed by atoms with van der Waals surface area (Å²) in [5.41, 5.74) is 6.21. The first kappa shape index (κ1) is 15.0. The molecule has 0 heterocycles. The SMILES string of the molecule is CCCCCCCC(N)CCC1CCCCC1. The topological polar surface area (TPSA) is 26.0 Å². The molecule has 17 heavy (non-hydrogen) atoms. The molecule has 1 unspecified atom stereocenters. The number of hydrogen-bond acceptors (Lipinski definition) is 1. The van der Waals surface area contributed by atoms with E-state index in [1.165, 1.54) is 83.5 Å². The van der Waals surface area contributed by atoms with Crippen molar-refractivity contribution in [3.8, 4) is 0 Å². The molecule has 1 aliphatic carbocycles. The lowest BCUT2D eigenvalue weighted by Crippen LogP contribution is -2.21. The van der Waals surface area contributed by atoms with Gasteiger partial charge < -0.3 is 5.73 Å². The van der Waals surface area contributed by atoms with Gasteiger partial charge in [0.25, 0.3) is 0 Å². The van der Waals surface area contributed by atoms with E-state index >= 15 is 0 Å². The molecule has 2 N–H and O–H groups in total. The van der Waals surface area contributed by atoms with Gasteiger partial charge in [-0.25, -0.2) is 0 Å². The molecular weight excluding hydrogens is 206 g/mol. The van der Waals surface area contributed by atoms with Crippen LogP contribution in [0.5, 0.6) is 0 Å². The van der Waals surface area contributed by atoms with Gasteiger partial charge >= 0.3 is 0 Å². The maximum Gasteiger partial charge on any atom is 0.00389 e. The number of nitrogens with two attached hydrogens (primary N) is 1. The first-order valence-corrected chi connectivity index (χ1v) is 8.08. The van der Waals surface area contributed by atoms with E-state index in [0.29, 0.717) is 6.04 Å². The summed E-state index contributed by atoms with van der Waals surface area (Å²) < 4.78 is 0. The quantitative estimate of drug-likeness (QED) is 0.561. The Balaban J connectivity index is 1.91. The average molecular weight is 239 g/mol. The summed E-state index contributed by atoms with van der Waals surface area (Å²) in [6.45, 7) is 2.27. The number of rotatable bonds is 9. The highest BCUT2D eigenvalue weighted by Gasteiger charge is 2.14. The van der Waals surface area contributed by atoms with Crippen molar-refractivity contribution in [3.63, 3.8) is 0 Å². The molecule has 0 aromatic rings. The second kappa shape index (κ2) is 9.94. The zero-order chi connectivity index (χ0) is 12.3. The van der Waals surface area contributed by atoms with E-state index in [1.807, 2.05) is 0 Å². The van der Waals surface area contributed by atoms with E-state index in [9.17, 15) is 0 Å². The van der Waals surface area contributed by atoms with Gasteiger partial charge in [0.15, 0.2) is 0 Å². The lowest BCUT2D eigenvalue weighted by Gasteiger charge is -2.22. The summed E-state index contributed by atoms with van der Waals surface area (Å²) in [4.78, 5) is 0. The molecule has 0 radical (unpaired) electrons. The molecule has 0 bridgehead atoms. The monoisotopic (exact) mass is 239 g/mol. The Morgan fingerprint density at radius 3 is 2.35 bits per heavy atom. The van der Waals surface area contributed by atoms with E-state index in [4.69, 9.17) is 5.73 Å². The van der Waals surface area contributed by atoms with Gasteiger partial charge in [-0.15, -0.1) is 0 Å². The minimum Gasteiger partial charge on any atom is -0.328 e. The summed E-state index contributed by atoms with van der Waals surface area (Å²) in [7, 11) is 0. The van der Waals surface area contributed by atoms with Crippen LogP contribution in [0.15, 0.2) is 0 Å². The van der Waals surface area contributed by atoms with Crippen LogP contribution >= 0.6 is 0 Å². The predicted molar refractivity (Wildman–Crippen MR) is 77.2 cm³/mol. The Labute approximate surface area is 109 Å². The van der Waals surface area contributed by atoms with Crippen molar-refractivity contribution in [1.82, 2.24) is 0 Å². The highest BCUT2D eigenvalue weighted by atomic mass is 14.6. The van der Waals surface area contributed by atoms with Crippen LogP contribution in [0.4, 0.5) is 0 Å². The molecule has 102 valence electrons. The highest BCUT2D eigenvalue weighted by Crippen LogP contribution is 2.27. The van der Waals surface area contributed by atoms with Crippen molar-refractivity contribution in [2.75, 3.05) is 0 Å². The number of hydrogen-bond donors (Lipinski definition) is 1. The molecule has 0 saturated heterocycles. The molecule has 0 aromatic carbocycles. The Bertz CT molecular complexity index is 161. The third kappa shape index (κ3) is 7.81. The molecule has 0 aromatic heterocycles. The van der Waals surface area contributed by atoms with E-state index in [-0.39, 0.29) is 0 Å². The molecule has 0 aliphatic heterocycles. The average Bonchev–Trinajstić information content (AvgIpc) is 2.37. The van der Waals surface area contributed by atoms with Gasteiger partial charge in [0, 0.05) is 6.04 Å². The summed E-state index contributed by atoms with van der Waals surface area (Å²) >= 11 is 0. The lowest BCUT2D eigenvalue weighted by molar-refractivity contribution is 0.319. The summed E-state index contributed by atoms with van der Waals surface area (Å²) in [6, 6.07) is 0.485. The fraction of sp³-hybridized carbons (Fsp3) is 1.00. The van der Waals surface area contributed by atoms with Crippen LogP contribution in [0.2, 0.25) is 0 Å². The van der Waals surface area contributed by atoms with Gasteiger partial charge in [-0.2, -0.15) is 0 Å². The van der Waals surface area contributed by atoms with E-state index in [2.05, 4.69) is 6.92 Å². The largest absolute Gasteiger partial charge is 0.328 e. The number of unbranched alkanes of at least 4 members (excludes halogenated alkanes) is 4. The minimum absolute atomic E-state index is 0.485. The minimum atomic E-state index is 0.485. The summed E-state index contributed by atoms with van der Waals surface area (Å²) in [5, 5.41) is 0. The van der Waals surface area contributed by atoms with Gasteiger partial charge in [-0.1, -0.05) is 71.1 Å². The fourth-order valence-corrected chi connectivity index (χ4v) is 3.08. The van der Waals surface area contributed by atoms with Gasteiger partial charge in [-0.3, -0.25) is 0 Å². The van der Waals surface area contributed by atoms with E-state index < -0.39 is 0 Å². The van der Waals surface area contributed by atoms with Crippen molar-refractivity contribution in [3.05, 3.63) is 0 Å². The molecule has 1 nitrogen and oxygen atoms in total. The Morgan fingerprint density at radius 2 is 1.65 bits per heavy atom. The predicted octanol–water partition coefficient (Wildman–Crippen LogP) is 5.03. The molecule has 1 heteroatoms. The maximum atomic E-state index is 6.21. The fourth-order valence-electron chi connectivity index (χ4n) is 3.08. The molecule has 1 saturated carbocycles. The van der Waals surface area contributed by atoms with Gasteiger partial charge in [0.1, 0.15) is 0 Å². The van der Waals surface area contributed by atoms with Crippen molar-refractivity contribution in [1.29, 1.82) is 0 Å². The van der Waals surface area contributed by atoms with E-state index in [1.54, 1.807) is 0 Å². The highest BCUT2D eigenvalue weighted by molar-refractivity contribution is 4.69. The first-order chi connectivity index (χ1) is 8.33. The zero-order valence-corrected chi connectivity index (χ0v) is 11.9. The van der Waals surface area contributed by atoms with Crippen LogP contribution in [0.1, 0.15) is 90.4 Å². The zero-order valence-electron chi connectivity index (χ0n) is 11.9. The second-order valence-electron chi connectivity index (χ2n) is 6.04. The van der Waals surface area contributed by atoms with Crippen molar-refractivity contribution < 1.29 is 0 Å². The Kier molecular flexibility index (Phi) is 8.78. The van der Waals surface area contributed by atoms with Gasteiger partial charge in [0.2, 0.25) is 0 Å². The lowest BCUT2D eigenvalue weighted by atomic mass is 9.85. The first-order valence-electron chi connectivity index (χ1n) is 8.08. The molecule has 1 atom stereocenters. The molecule has 1 aliphatic rings. The normalized spacial score (nSPS) is 19.4. The third-order valence-electron chi connectivity index (χ3n) is 4.35. The van der Waals surface area contributed by atoms with Crippen LogP contribution < -0.4 is 5.73 Å². The van der Waals surface area contributed by atoms with E-state index in [0.717, 1.165) is 5.92 Å². The van der Waals surface area contributed by atoms with Crippen LogP contribution in [-0.4, -0.2) is 6.04 Å². The maximum absolute atomic E-state index is 6.21.